The topological polar surface area (TPSA) is 23.5 Å². The van der Waals surface area contributed by atoms with Crippen LogP contribution in [-0.2, 0) is 12.0 Å². The van der Waals surface area contributed by atoms with Gasteiger partial charge < -0.3 is 10.0 Å². The van der Waals surface area contributed by atoms with Crippen LogP contribution in [0.3, 0.4) is 0 Å². The summed E-state index contributed by atoms with van der Waals surface area (Å²) in [4.78, 5) is 2.27. The normalized spacial score (nSPS) is 16.4. The Morgan fingerprint density at radius 1 is 1.33 bits per heavy atom. The molecular formula is C13H19NO. The van der Waals surface area contributed by atoms with Gasteiger partial charge in [0.1, 0.15) is 0 Å². The molecule has 1 aromatic carbocycles. The van der Waals surface area contributed by atoms with E-state index >= 15 is 0 Å². The maximum absolute atomic E-state index is 9.96. The molecule has 0 fully saturated rings. The number of nitrogens with zero attached hydrogens (tertiary/aromatic N) is 1. The number of hydrogen-bond donors (Lipinski definition) is 1. The van der Waals surface area contributed by atoms with Gasteiger partial charge in [0.05, 0.1) is 5.60 Å². The highest BCUT2D eigenvalue weighted by molar-refractivity contribution is 5.57. The number of benzene rings is 1. The Bertz CT molecular complexity index is 365. The van der Waals surface area contributed by atoms with Crippen molar-refractivity contribution in [3.8, 4) is 0 Å². The van der Waals surface area contributed by atoms with E-state index < -0.39 is 5.60 Å². The molecule has 1 aliphatic rings. The number of anilines is 1. The molecule has 0 aliphatic carbocycles. The van der Waals surface area contributed by atoms with Crippen LogP contribution in [0.2, 0.25) is 0 Å². The molecule has 2 heteroatoms. The largest absolute Gasteiger partial charge is 0.386 e. The van der Waals surface area contributed by atoms with Gasteiger partial charge >= 0.3 is 0 Å². The van der Waals surface area contributed by atoms with Crippen LogP contribution in [0.15, 0.2) is 18.2 Å². The highest BCUT2D eigenvalue weighted by atomic mass is 16.3. The third-order valence-corrected chi connectivity index (χ3v) is 3.14. The zero-order chi connectivity index (χ0) is 11.1. The van der Waals surface area contributed by atoms with Gasteiger partial charge in [-0.25, -0.2) is 0 Å². The lowest BCUT2D eigenvalue weighted by atomic mass is 9.93. The van der Waals surface area contributed by atoms with E-state index in [1.807, 2.05) is 19.9 Å². The molecule has 0 unspecified atom stereocenters. The molecule has 15 heavy (non-hydrogen) atoms. The van der Waals surface area contributed by atoms with Crippen molar-refractivity contribution >= 4 is 5.69 Å². The van der Waals surface area contributed by atoms with E-state index in [1.165, 1.54) is 17.7 Å². The average Bonchev–Trinajstić information content (AvgIpc) is 2.16. The fraction of sp³-hybridized carbons (Fsp3) is 0.538. The van der Waals surface area contributed by atoms with Gasteiger partial charge in [-0.1, -0.05) is 12.1 Å². The summed E-state index contributed by atoms with van der Waals surface area (Å²) in [7, 11) is 2.12. The summed E-state index contributed by atoms with van der Waals surface area (Å²) in [5, 5.41) is 9.96. The Hall–Kier alpha value is -1.02. The van der Waals surface area contributed by atoms with E-state index in [2.05, 4.69) is 24.1 Å². The van der Waals surface area contributed by atoms with Gasteiger partial charge in [0.2, 0.25) is 0 Å². The maximum Gasteiger partial charge on any atom is 0.0841 e. The summed E-state index contributed by atoms with van der Waals surface area (Å²) >= 11 is 0. The summed E-state index contributed by atoms with van der Waals surface area (Å²) in [6.07, 6.45) is 2.39. The minimum absolute atomic E-state index is 0.743. The first kappa shape index (κ1) is 10.5. The molecule has 0 aromatic heterocycles. The first-order valence-corrected chi connectivity index (χ1v) is 5.55. The summed E-state index contributed by atoms with van der Waals surface area (Å²) in [5.41, 5.74) is 2.93. The molecular weight excluding hydrogens is 186 g/mol. The fourth-order valence-corrected chi connectivity index (χ4v) is 2.14. The second-order valence-corrected chi connectivity index (χ2v) is 4.93. The van der Waals surface area contributed by atoms with Crippen molar-refractivity contribution in [3.63, 3.8) is 0 Å². The van der Waals surface area contributed by atoms with E-state index in [-0.39, 0.29) is 0 Å². The van der Waals surface area contributed by atoms with E-state index in [0.29, 0.717) is 0 Å². The maximum atomic E-state index is 9.96. The molecule has 0 saturated carbocycles. The molecule has 1 N–H and O–H groups in total. The lowest BCUT2D eigenvalue weighted by Gasteiger charge is -2.29. The monoisotopic (exact) mass is 205 g/mol. The number of aliphatic hydroxyl groups is 1. The van der Waals surface area contributed by atoms with Crippen molar-refractivity contribution in [3.05, 3.63) is 29.3 Å². The minimum atomic E-state index is -0.743. The zero-order valence-corrected chi connectivity index (χ0v) is 9.75. The summed E-state index contributed by atoms with van der Waals surface area (Å²) in [6, 6.07) is 6.31. The van der Waals surface area contributed by atoms with Gasteiger partial charge in [-0.3, -0.25) is 0 Å². The van der Waals surface area contributed by atoms with Crippen LogP contribution in [0.5, 0.6) is 0 Å². The Balaban J connectivity index is 2.44. The second kappa shape index (κ2) is 3.53. The molecule has 0 amide bonds. The van der Waals surface area contributed by atoms with E-state index in [4.69, 9.17) is 0 Å². The van der Waals surface area contributed by atoms with E-state index in [1.54, 1.807) is 0 Å². The standard InChI is InChI=1S/C13H19NO/c1-13(2,15)11-7-6-10-5-4-8-14(3)12(10)9-11/h6-7,9,15H,4-5,8H2,1-3H3. The average molecular weight is 205 g/mol. The number of hydrogen-bond acceptors (Lipinski definition) is 2. The second-order valence-electron chi connectivity index (χ2n) is 4.93. The highest BCUT2D eigenvalue weighted by Crippen LogP contribution is 2.30. The van der Waals surface area contributed by atoms with E-state index in [9.17, 15) is 5.11 Å². The van der Waals surface area contributed by atoms with Crippen LogP contribution >= 0.6 is 0 Å². The third kappa shape index (κ3) is 2.00. The smallest absolute Gasteiger partial charge is 0.0841 e. The van der Waals surface area contributed by atoms with Crippen molar-refractivity contribution in [1.82, 2.24) is 0 Å². The van der Waals surface area contributed by atoms with Crippen LogP contribution in [-0.4, -0.2) is 18.7 Å². The van der Waals surface area contributed by atoms with Crippen LogP contribution in [0.25, 0.3) is 0 Å². The van der Waals surface area contributed by atoms with Crippen LogP contribution < -0.4 is 4.90 Å². The van der Waals surface area contributed by atoms with Crippen LogP contribution in [0, 0.1) is 0 Å². The molecule has 1 heterocycles. The zero-order valence-electron chi connectivity index (χ0n) is 9.75. The predicted octanol–water partition coefficient (Wildman–Crippen LogP) is 2.30. The molecule has 82 valence electrons. The molecule has 1 aromatic rings. The van der Waals surface area contributed by atoms with Gasteiger partial charge in [-0.15, -0.1) is 0 Å². The van der Waals surface area contributed by atoms with Crippen molar-refractivity contribution in [2.45, 2.75) is 32.3 Å². The molecule has 2 nitrogen and oxygen atoms in total. The lowest BCUT2D eigenvalue weighted by Crippen LogP contribution is -2.26. The fourth-order valence-electron chi connectivity index (χ4n) is 2.14. The van der Waals surface area contributed by atoms with Crippen molar-refractivity contribution in [2.75, 3.05) is 18.5 Å². The van der Waals surface area contributed by atoms with Gasteiger partial charge in [0, 0.05) is 19.3 Å². The number of aryl methyl sites for hydroxylation is 1. The number of rotatable bonds is 1. The van der Waals surface area contributed by atoms with Crippen molar-refractivity contribution in [1.29, 1.82) is 0 Å². The minimum Gasteiger partial charge on any atom is -0.386 e. The SMILES string of the molecule is CN1CCCc2ccc(C(C)(C)O)cc21. The summed E-state index contributed by atoms with van der Waals surface area (Å²) < 4.78 is 0. The van der Waals surface area contributed by atoms with E-state index in [0.717, 1.165) is 18.5 Å². The van der Waals surface area contributed by atoms with Crippen LogP contribution in [0.4, 0.5) is 5.69 Å². The lowest BCUT2D eigenvalue weighted by molar-refractivity contribution is 0.0786. The van der Waals surface area contributed by atoms with Crippen molar-refractivity contribution in [2.24, 2.45) is 0 Å². The first-order chi connectivity index (χ1) is 6.98. The molecule has 0 bridgehead atoms. The molecule has 0 spiro atoms. The predicted molar refractivity (Wildman–Crippen MR) is 63.3 cm³/mol. The van der Waals surface area contributed by atoms with Gasteiger partial charge in [0.25, 0.3) is 0 Å². The molecule has 1 aliphatic heterocycles. The molecule has 0 atom stereocenters. The first-order valence-electron chi connectivity index (χ1n) is 5.55. The Kier molecular flexibility index (Phi) is 2.47. The molecule has 2 rings (SSSR count). The molecule has 0 saturated heterocycles. The van der Waals surface area contributed by atoms with Crippen molar-refractivity contribution < 1.29 is 5.11 Å². The summed E-state index contributed by atoms with van der Waals surface area (Å²) in [5.74, 6) is 0. The Morgan fingerprint density at radius 3 is 2.73 bits per heavy atom. The van der Waals surface area contributed by atoms with Gasteiger partial charge in [-0.2, -0.15) is 0 Å². The highest BCUT2D eigenvalue weighted by Gasteiger charge is 2.20. The number of fused-ring (bicyclic) bond motifs is 1. The van der Waals surface area contributed by atoms with Crippen LogP contribution in [0.1, 0.15) is 31.4 Å². The van der Waals surface area contributed by atoms with Gasteiger partial charge in [0.15, 0.2) is 0 Å². The third-order valence-electron chi connectivity index (χ3n) is 3.14. The summed E-state index contributed by atoms with van der Waals surface area (Å²) in [6.45, 7) is 4.78. The Labute approximate surface area is 91.5 Å². The van der Waals surface area contributed by atoms with Gasteiger partial charge in [-0.05, 0) is 43.9 Å². The molecule has 0 radical (unpaired) electrons. The quantitative estimate of drug-likeness (QED) is 0.760. The Morgan fingerprint density at radius 2 is 2.07 bits per heavy atom.